The first-order valence-electron chi connectivity index (χ1n) is 15.1. The Kier molecular flexibility index (Phi) is 12.9. The number of amides is 3. The molecule has 0 saturated heterocycles. The molecule has 0 unspecified atom stereocenters. The zero-order chi connectivity index (χ0) is 32.1. The number of aliphatic hydroxyl groups excluding tert-OH is 1. The SMILES string of the molecule is CC(C)[C@H](NC(=O)[C@@H](Cc1ccccc1)C[C@H](O)[C@H](Cc1ccccc1)NC(=O)OC(C)(C)C)C(=O)NCc1ccncc1. The molecule has 44 heavy (non-hydrogen) atoms. The Labute approximate surface area is 260 Å². The minimum Gasteiger partial charge on any atom is -0.444 e. The van der Waals surface area contributed by atoms with E-state index in [1.54, 1.807) is 33.2 Å². The van der Waals surface area contributed by atoms with Gasteiger partial charge >= 0.3 is 6.09 Å². The van der Waals surface area contributed by atoms with E-state index in [4.69, 9.17) is 4.74 Å². The Morgan fingerprint density at radius 1 is 0.795 bits per heavy atom. The Morgan fingerprint density at radius 3 is 1.91 bits per heavy atom. The van der Waals surface area contributed by atoms with Crippen LogP contribution in [0.3, 0.4) is 0 Å². The van der Waals surface area contributed by atoms with E-state index in [1.807, 2.05) is 86.6 Å². The van der Waals surface area contributed by atoms with Crippen molar-refractivity contribution in [3.8, 4) is 0 Å². The molecule has 0 aliphatic carbocycles. The summed E-state index contributed by atoms with van der Waals surface area (Å²) >= 11 is 0. The monoisotopic (exact) mass is 602 g/mol. The van der Waals surface area contributed by atoms with Crippen LogP contribution in [-0.4, -0.2) is 51.8 Å². The van der Waals surface area contributed by atoms with Crippen LogP contribution in [0.1, 0.15) is 57.7 Å². The Balaban J connectivity index is 1.80. The van der Waals surface area contributed by atoms with Gasteiger partial charge in [-0.25, -0.2) is 4.79 Å². The predicted octanol–water partition coefficient (Wildman–Crippen LogP) is 4.58. The van der Waals surface area contributed by atoms with Crippen LogP contribution in [0.15, 0.2) is 85.2 Å². The molecule has 0 aliphatic heterocycles. The molecule has 9 nitrogen and oxygen atoms in total. The van der Waals surface area contributed by atoms with E-state index < -0.39 is 35.8 Å². The quantitative estimate of drug-likeness (QED) is 0.214. The third kappa shape index (κ3) is 11.8. The van der Waals surface area contributed by atoms with Crippen LogP contribution in [-0.2, 0) is 33.7 Å². The van der Waals surface area contributed by atoms with Crippen LogP contribution < -0.4 is 16.0 Å². The van der Waals surface area contributed by atoms with Gasteiger partial charge in [-0.3, -0.25) is 14.6 Å². The highest BCUT2D eigenvalue weighted by atomic mass is 16.6. The molecule has 9 heteroatoms. The fourth-order valence-corrected chi connectivity index (χ4v) is 4.85. The van der Waals surface area contributed by atoms with Crippen LogP contribution in [0.25, 0.3) is 0 Å². The first-order chi connectivity index (χ1) is 20.9. The molecule has 0 saturated carbocycles. The molecule has 4 N–H and O–H groups in total. The topological polar surface area (TPSA) is 130 Å². The van der Waals surface area contributed by atoms with Gasteiger partial charge in [0.2, 0.25) is 11.8 Å². The van der Waals surface area contributed by atoms with Gasteiger partial charge in [-0.1, -0.05) is 74.5 Å². The molecule has 0 aliphatic rings. The molecular weight excluding hydrogens is 556 g/mol. The molecule has 0 radical (unpaired) electrons. The second kappa shape index (κ2) is 16.6. The molecule has 1 heterocycles. The number of aliphatic hydroxyl groups is 1. The Bertz CT molecular complexity index is 1310. The van der Waals surface area contributed by atoms with Gasteiger partial charge in [0.05, 0.1) is 12.1 Å². The minimum atomic E-state index is -1.08. The summed E-state index contributed by atoms with van der Waals surface area (Å²) < 4.78 is 5.48. The van der Waals surface area contributed by atoms with Crippen molar-refractivity contribution in [1.29, 1.82) is 0 Å². The van der Waals surface area contributed by atoms with Gasteiger partial charge in [-0.15, -0.1) is 0 Å². The zero-order valence-electron chi connectivity index (χ0n) is 26.3. The molecule has 2 aromatic carbocycles. The third-order valence-corrected chi connectivity index (χ3v) is 7.15. The normalized spacial score (nSPS) is 14.2. The van der Waals surface area contributed by atoms with Crippen LogP contribution in [0, 0.1) is 11.8 Å². The smallest absolute Gasteiger partial charge is 0.407 e. The summed E-state index contributed by atoms with van der Waals surface area (Å²) in [4.78, 5) is 43.8. The minimum absolute atomic E-state index is 0.0531. The van der Waals surface area contributed by atoms with Crippen molar-refractivity contribution in [3.05, 3.63) is 102 Å². The molecule has 3 aromatic rings. The number of ether oxygens (including phenoxy) is 1. The first-order valence-corrected chi connectivity index (χ1v) is 15.1. The lowest BCUT2D eigenvalue weighted by atomic mass is 9.88. The Hall–Kier alpha value is -4.24. The third-order valence-electron chi connectivity index (χ3n) is 7.15. The van der Waals surface area contributed by atoms with E-state index in [2.05, 4.69) is 20.9 Å². The summed E-state index contributed by atoms with van der Waals surface area (Å²) in [6.07, 6.45) is 2.33. The van der Waals surface area contributed by atoms with Gasteiger partial charge in [0.1, 0.15) is 11.6 Å². The molecule has 236 valence electrons. The summed E-state index contributed by atoms with van der Waals surface area (Å²) in [6.45, 7) is 9.37. The number of rotatable bonds is 14. The lowest BCUT2D eigenvalue weighted by Crippen LogP contribution is -2.52. The first kappa shape index (κ1) is 34.3. The van der Waals surface area contributed by atoms with Gasteiger partial charge in [0.15, 0.2) is 0 Å². The van der Waals surface area contributed by atoms with Crippen molar-refractivity contribution < 1.29 is 24.2 Å². The molecule has 4 atom stereocenters. The van der Waals surface area contributed by atoms with E-state index in [1.165, 1.54) is 0 Å². The number of pyridine rings is 1. The molecule has 3 rings (SSSR count). The highest BCUT2D eigenvalue weighted by molar-refractivity contribution is 5.88. The maximum atomic E-state index is 13.8. The summed E-state index contributed by atoms with van der Waals surface area (Å²) in [5.41, 5.74) is 2.02. The summed E-state index contributed by atoms with van der Waals surface area (Å²) in [5, 5.41) is 20.2. The number of alkyl carbamates (subject to hydrolysis) is 1. The summed E-state index contributed by atoms with van der Waals surface area (Å²) in [6, 6.07) is 21.2. The zero-order valence-corrected chi connectivity index (χ0v) is 26.3. The van der Waals surface area contributed by atoms with E-state index >= 15 is 0 Å². The van der Waals surface area contributed by atoms with Crippen LogP contribution in [0.2, 0.25) is 0 Å². The molecule has 0 spiro atoms. The van der Waals surface area contributed by atoms with Gasteiger partial charge < -0.3 is 25.8 Å². The van der Waals surface area contributed by atoms with Crippen LogP contribution in [0.4, 0.5) is 4.79 Å². The van der Waals surface area contributed by atoms with Crippen molar-refractivity contribution in [2.45, 2.75) is 84.2 Å². The van der Waals surface area contributed by atoms with E-state index in [0.717, 1.165) is 16.7 Å². The number of hydrogen-bond donors (Lipinski definition) is 4. The van der Waals surface area contributed by atoms with Crippen molar-refractivity contribution in [2.24, 2.45) is 11.8 Å². The molecule has 1 aromatic heterocycles. The van der Waals surface area contributed by atoms with E-state index in [0.29, 0.717) is 19.4 Å². The molecular formula is C35H46N4O5. The Morgan fingerprint density at radius 2 is 1.36 bits per heavy atom. The number of carbonyl (C=O) groups excluding carboxylic acids is 3. The maximum Gasteiger partial charge on any atom is 0.407 e. The molecule has 0 bridgehead atoms. The van der Waals surface area contributed by atoms with Gasteiger partial charge in [-0.05, 0) is 74.8 Å². The number of carbonyl (C=O) groups is 3. The lowest BCUT2D eigenvalue weighted by molar-refractivity contribution is -0.132. The number of nitrogens with zero attached hydrogens (tertiary/aromatic N) is 1. The highest BCUT2D eigenvalue weighted by Gasteiger charge is 2.32. The average Bonchev–Trinajstić information content (AvgIpc) is 2.98. The van der Waals surface area contributed by atoms with E-state index in [-0.39, 0.29) is 24.2 Å². The number of benzene rings is 2. The maximum absolute atomic E-state index is 13.8. The van der Waals surface area contributed by atoms with E-state index in [9.17, 15) is 19.5 Å². The fraction of sp³-hybridized carbons (Fsp3) is 0.429. The summed E-state index contributed by atoms with van der Waals surface area (Å²) in [5.74, 6) is -1.50. The van der Waals surface area contributed by atoms with Gasteiger partial charge in [0.25, 0.3) is 0 Å². The van der Waals surface area contributed by atoms with Gasteiger partial charge in [0, 0.05) is 24.9 Å². The van der Waals surface area contributed by atoms with Crippen molar-refractivity contribution in [2.75, 3.05) is 0 Å². The predicted molar refractivity (Wildman–Crippen MR) is 170 cm³/mol. The number of hydrogen-bond acceptors (Lipinski definition) is 6. The summed E-state index contributed by atoms with van der Waals surface area (Å²) in [7, 11) is 0. The van der Waals surface area contributed by atoms with Crippen LogP contribution in [0.5, 0.6) is 0 Å². The van der Waals surface area contributed by atoms with Crippen LogP contribution >= 0.6 is 0 Å². The number of aromatic nitrogens is 1. The standard InChI is InChI=1S/C35H46N4O5/c1-24(2)31(33(42)37-23-27-16-18-36-19-17-27)39-32(41)28(20-25-12-8-6-9-13-25)22-30(40)29(21-26-14-10-7-11-15-26)38-34(43)44-35(3,4)5/h6-19,24,28-31,40H,20-23H2,1-5H3,(H,37,42)(H,38,43)(H,39,41)/t28-,29-,30-,31-/m0/s1. The highest BCUT2D eigenvalue weighted by Crippen LogP contribution is 2.20. The van der Waals surface area contributed by atoms with Crippen molar-refractivity contribution in [1.82, 2.24) is 20.9 Å². The number of nitrogens with one attached hydrogen (secondary N) is 3. The fourth-order valence-electron chi connectivity index (χ4n) is 4.85. The second-order valence-corrected chi connectivity index (χ2v) is 12.4. The molecule has 0 fully saturated rings. The largest absolute Gasteiger partial charge is 0.444 e. The van der Waals surface area contributed by atoms with Crippen molar-refractivity contribution in [3.63, 3.8) is 0 Å². The van der Waals surface area contributed by atoms with Crippen molar-refractivity contribution >= 4 is 17.9 Å². The lowest BCUT2D eigenvalue weighted by Gasteiger charge is -2.30. The van der Waals surface area contributed by atoms with Gasteiger partial charge in [-0.2, -0.15) is 0 Å². The average molecular weight is 603 g/mol. The second-order valence-electron chi connectivity index (χ2n) is 12.4. The molecule has 3 amide bonds.